The zero-order valence-corrected chi connectivity index (χ0v) is 21.2. The molecule has 11 heteroatoms. The summed E-state index contributed by atoms with van der Waals surface area (Å²) in [5.74, 6) is -1.44. The maximum Gasteiger partial charge on any atom is 0.268 e. The van der Waals surface area contributed by atoms with Crippen molar-refractivity contribution in [1.29, 1.82) is 5.26 Å². The van der Waals surface area contributed by atoms with Gasteiger partial charge in [0, 0.05) is 16.8 Å². The molecule has 0 bridgehead atoms. The smallest absolute Gasteiger partial charge is 0.268 e. The van der Waals surface area contributed by atoms with E-state index in [1.54, 1.807) is 0 Å². The number of aliphatic hydroxyl groups is 1. The normalized spacial score (nSPS) is 22.6. The summed E-state index contributed by atoms with van der Waals surface area (Å²) in [6, 6.07) is 3.12. The van der Waals surface area contributed by atoms with Crippen LogP contribution in [0.25, 0.3) is 10.9 Å². The number of halogens is 2. The average Bonchev–Trinajstić information content (AvgIpc) is 3.47. The number of aromatic nitrogens is 1. The van der Waals surface area contributed by atoms with E-state index in [0.717, 1.165) is 12.8 Å². The van der Waals surface area contributed by atoms with Crippen molar-refractivity contribution in [3.05, 3.63) is 28.7 Å². The summed E-state index contributed by atoms with van der Waals surface area (Å²) in [4.78, 5) is 29.0. The molecule has 194 valence electrons. The maximum atomic E-state index is 14.1. The Hall–Kier alpha value is -2.87. The molecule has 2 fully saturated rings. The number of nitrogens with one attached hydrogen (secondary N) is 4. The highest BCUT2D eigenvalue weighted by molar-refractivity contribution is 6.33. The molecular weight excluding hydrogens is 489 g/mol. The Labute approximate surface area is 213 Å². The fourth-order valence-electron chi connectivity index (χ4n) is 4.94. The van der Waals surface area contributed by atoms with Gasteiger partial charge >= 0.3 is 0 Å². The Balaban J connectivity index is 1.47. The highest BCUT2D eigenvalue weighted by atomic mass is 35.5. The highest BCUT2D eigenvalue weighted by Crippen LogP contribution is 2.37. The molecule has 4 rings (SSSR count). The molecule has 36 heavy (non-hydrogen) atoms. The highest BCUT2D eigenvalue weighted by Gasteiger charge is 2.39. The van der Waals surface area contributed by atoms with Crippen LogP contribution in [0.3, 0.4) is 0 Å². The molecule has 5 N–H and O–H groups in total. The number of hydrogen-bond acceptors (Lipinski definition) is 6. The lowest BCUT2D eigenvalue weighted by Gasteiger charge is -2.22. The first kappa shape index (κ1) is 26.2. The predicted octanol–water partition coefficient (Wildman–Crippen LogP) is 2.97. The number of rotatable bonds is 9. The maximum absolute atomic E-state index is 14.1. The second kappa shape index (κ2) is 10.2. The van der Waals surface area contributed by atoms with E-state index in [9.17, 15) is 24.3 Å². The van der Waals surface area contributed by atoms with Crippen molar-refractivity contribution >= 4 is 34.3 Å². The minimum absolute atomic E-state index is 0.109. The molecule has 0 spiro atoms. The summed E-state index contributed by atoms with van der Waals surface area (Å²) >= 11 is 5.99. The van der Waals surface area contributed by atoms with Crippen molar-refractivity contribution in [3.63, 3.8) is 0 Å². The minimum atomic E-state index is -0.849. The second-order valence-corrected chi connectivity index (χ2v) is 10.8. The van der Waals surface area contributed by atoms with Crippen LogP contribution in [-0.4, -0.2) is 52.9 Å². The number of carbonyl (C=O) groups is 2. The largest absolute Gasteiger partial charge is 0.494 e. The molecule has 2 aliphatic rings. The molecule has 9 nitrogen and oxygen atoms in total. The van der Waals surface area contributed by atoms with Gasteiger partial charge in [-0.2, -0.15) is 5.26 Å². The van der Waals surface area contributed by atoms with Gasteiger partial charge in [-0.05, 0) is 51.2 Å². The van der Waals surface area contributed by atoms with Gasteiger partial charge in [-0.15, -0.1) is 0 Å². The van der Waals surface area contributed by atoms with Crippen molar-refractivity contribution in [2.75, 3.05) is 7.11 Å². The van der Waals surface area contributed by atoms with Crippen LogP contribution in [-0.2, 0) is 4.79 Å². The van der Waals surface area contributed by atoms with E-state index < -0.39 is 35.9 Å². The lowest BCUT2D eigenvalue weighted by Crippen LogP contribution is -2.50. The molecule has 1 unspecified atom stereocenters. The molecule has 1 aliphatic carbocycles. The van der Waals surface area contributed by atoms with Crippen LogP contribution in [0.15, 0.2) is 12.1 Å². The third-order valence-corrected chi connectivity index (χ3v) is 7.23. The third-order valence-electron chi connectivity index (χ3n) is 6.88. The van der Waals surface area contributed by atoms with E-state index in [1.807, 2.05) is 13.8 Å². The molecule has 1 aliphatic heterocycles. The van der Waals surface area contributed by atoms with Crippen molar-refractivity contribution in [1.82, 2.24) is 20.9 Å². The predicted molar refractivity (Wildman–Crippen MR) is 132 cm³/mol. The molecule has 1 saturated heterocycles. The number of aromatic amines is 1. The van der Waals surface area contributed by atoms with Gasteiger partial charge in [-0.3, -0.25) is 14.9 Å². The number of benzene rings is 1. The summed E-state index contributed by atoms with van der Waals surface area (Å²) in [6.45, 7) is 3.94. The molecule has 4 atom stereocenters. The molecule has 2 aromatic rings. The molecule has 1 aromatic heterocycles. The first-order chi connectivity index (χ1) is 17.0. The first-order valence-corrected chi connectivity index (χ1v) is 12.4. The SMILES string of the molecule is COc1c(Cl)c(F)cc2[nH]c(C(=O)N[C@@H](CC3CC3)C(=O)N[C@H](C#N)C[C@@H]3CC(C)(C)NC3O)cc12. The van der Waals surface area contributed by atoms with Crippen molar-refractivity contribution in [3.8, 4) is 11.8 Å². The number of methoxy groups -OCH3 is 1. The van der Waals surface area contributed by atoms with E-state index in [4.69, 9.17) is 16.3 Å². The lowest BCUT2D eigenvalue weighted by atomic mass is 9.91. The van der Waals surface area contributed by atoms with E-state index >= 15 is 0 Å². The number of aliphatic hydroxyl groups excluding tert-OH is 1. The zero-order chi connectivity index (χ0) is 26.2. The number of ether oxygens (including phenoxy) is 1. The standard InChI is InChI=1S/C25H31ClFN5O4/c1-25(2)10-13(22(33)32-25)7-14(11-28)29-23(34)18(6-12-4-5-12)31-24(35)19-8-15-17(30-19)9-16(27)20(26)21(15)36-3/h8-9,12-14,18,22,30,32-33H,4-7,10H2,1-3H3,(H,29,34)(H,31,35)/t13-,14+,18+,22?/m1/s1. The number of amides is 2. The molecule has 2 heterocycles. The van der Waals surface area contributed by atoms with Gasteiger partial charge in [0.15, 0.2) is 0 Å². The molecule has 1 saturated carbocycles. The Bertz CT molecular complexity index is 1210. The van der Waals surface area contributed by atoms with Gasteiger partial charge < -0.3 is 25.5 Å². The van der Waals surface area contributed by atoms with Crippen LogP contribution < -0.4 is 20.7 Å². The Morgan fingerprint density at radius 3 is 2.64 bits per heavy atom. The summed E-state index contributed by atoms with van der Waals surface area (Å²) < 4.78 is 19.3. The summed E-state index contributed by atoms with van der Waals surface area (Å²) in [6.07, 6.45) is 2.58. The first-order valence-electron chi connectivity index (χ1n) is 12.0. The number of carbonyl (C=O) groups excluding carboxylic acids is 2. The monoisotopic (exact) mass is 519 g/mol. The number of H-pyrrole nitrogens is 1. The lowest BCUT2D eigenvalue weighted by molar-refractivity contribution is -0.123. The van der Waals surface area contributed by atoms with Gasteiger partial charge in [-0.25, -0.2) is 4.39 Å². The number of nitrogens with zero attached hydrogens (tertiary/aromatic N) is 1. The number of nitriles is 1. The molecule has 0 radical (unpaired) electrons. The summed E-state index contributed by atoms with van der Waals surface area (Å²) in [5, 5.41) is 28.8. The van der Waals surface area contributed by atoms with Crippen molar-refractivity contribution in [2.24, 2.45) is 11.8 Å². The van der Waals surface area contributed by atoms with Gasteiger partial charge in [0.25, 0.3) is 5.91 Å². The summed E-state index contributed by atoms with van der Waals surface area (Å²) in [7, 11) is 1.36. The van der Waals surface area contributed by atoms with E-state index in [1.165, 1.54) is 19.2 Å². The topological polar surface area (TPSA) is 139 Å². The van der Waals surface area contributed by atoms with Gasteiger partial charge in [0.2, 0.25) is 5.91 Å². The fraction of sp³-hybridized carbons (Fsp3) is 0.560. The zero-order valence-electron chi connectivity index (χ0n) is 20.5. The van der Waals surface area contributed by atoms with E-state index in [-0.39, 0.29) is 34.3 Å². The van der Waals surface area contributed by atoms with Crippen LogP contribution in [0.2, 0.25) is 5.02 Å². The third kappa shape index (κ3) is 5.75. The van der Waals surface area contributed by atoms with E-state index in [0.29, 0.717) is 29.7 Å². The molecule has 2 amide bonds. The quantitative estimate of drug-likeness (QED) is 0.345. The van der Waals surface area contributed by atoms with Crippen molar-refractivity contribution in [2.45, 2.75) is 69.8 Å². The molecule has 1 aromatic carbocycles. The van der Waals surface area contributed by atoms with Crippen LogP contribution >= 0.6 is 11.6 Å². The van der Waals surface area contributed by atoms with Gasteiger partial charge in [0.1, 0.15) is 40.6 Å². The van der Waals surface area contributed by atoms with Crippen LogP contribution in [0.4, 0.5) is 4.39 Å². The Kier molecular flexibility index (Phi) is 7.46. The second-order valence-electron chi connectivity index (χ2n) is 10.4. The Morgan fingerprint density at radius 1 is 1.33 bits per heavy atom. The number of hydrogen-bond donors (Lipinski definition) is 5. The van der Waals surface area contributed by atoms with Crippen LogP contribution in [0, 0.1) is 29.0 Å². The van der Waals surface area contributed by atoms with Gasteiger partial charge in [-0.1, -0.05) is 24.4 Å². The van der Waals surface area contributed by atoms with Crippen molar-refractivity contribution < 1.29 is 23.8 Å². The van der Waals surface area contributed by atoms with E-state index in [2.05, 4.69) is 27.0 Å². The number of fused-ring (bicyclic) bond motifs is 1. The summed E-state index contributed by atoms with van der Waals surface area (Å²) in [5.41, 5.74) is 0.197. The average molecular weight is 520 g/mol. The molecular formula is C25H31ClFN5O4. The fourth-order valence-corrected chi connectivity index (χ4v) is 5.17. The van der Waals surface area contributed by atoms with Crippen LogP contribution in [0.5, 0.6) is 5.75 Å². The minimum Gasteiger partial charge on any atom is -0.494 e. The Morgan fingerprint density at radius 2 is 2.06 bits per heavy atom. The van der Waals surface area contributed by atoms with Gasteiger partial charge in [0.05, 0.1) is 18.7 Å². The van der Waals surface area contributed by atoms with Crippen LogP contribution in [0.1, 0.15) is 56.4 Å².